The summed E-state index contributed by atoms with van der Waals surface area (Å²) in [6.45, 7) is 6.16. The van der Waals surface area contributed by atoms with Gasteiger partial charge in [-0.1, -0.05) is 110 Å². The lowest BCUT2D eigenvalue weighted by atomic mass is 10.0. The predicted octanol–water partition coefficient (Wildman–Crippen LogP) is 6.90. The molecule has 0 bridgehead atoms. The van der Waals surface area contributed by atoms with Crippen molar-refractivity contribution in [1.29, 1.82) is 0 Å². The summed E-state index contributed by atoms with van der Waals surface area (Å²) in [6, 6.07) is 0. The van der Waals surface area contributed by atoms with Crippen molar-refractivity contribution in [2.24, 2.45) is 0 Å². The first kappa shape index (κ1) is 18.0. The van der Waals surface area contributed by atoms with Crippen LogP contribution in [0.3, 0.4) is 0 Å². The van der Waals surface area contributed by atoms with Crippen LogP contribution >= 0.6 is 0 Å². The Balaban J connectivity index is 2.86. The molecule has 0 aliphatic heterocycles. The minimum absolute atomic E-state index is 1.12. The Bertz CT molecular complexity index is 112. The first-order valence-electron chi connectivity index (χ1n) is 8.52. The summed E-state index contributed by atoms with van der Waals surface area (Å²) < 4.78 is 0. The molecule has 0 nitrogen and oxygen atoms in total. The molecule has 0 unspecified atom stereocenters. The SMILES string of the molecule is [CH2]CCCCCCCC[CH]CCCCCCCC. The van der Waals surface area contributed by atoms with Gasteiger partial charge in [-0.05, 0) is 6.42 Å². The summed E-state index contributed by atoms with van der Waals surface area (Å²) in [4.78, 5) is 0. The third-order valence-corrected chi connectivity index (χ3v) is 3.67. The minimum atomic E-state index is 1.12. The number of rotatable bonds is 15. The summed E-state index contributed by atoms with van der Waals surface area (Å²) in [5, 5.41) is 0. The second-order valence-electron chi connectivity index (χ2n) is 5.61. The van der Waals surface area contributed by atoms with E-state index in [-0.39, 0.29) is 0 Å². The van der Waals surface area contributed by atoms with Crippen LogP contribution in [-0.4, -0.2) is 0 Å². The van der Waals surface area contributed by atoms with Crippen LogP contribution in [0, 0.1) is 13.3 Å². The van der Waals surface area contributed by atoms with E-state index in [1.165, 1.54) is 89.9 Å². The van der Waals surface area contributed by atoms with Crippen molar-refractivity contribution in [1.82, 2.24) is 0 Å². The van der Waals surface area contributed by atoms with Crippen molar-refractivity contribution in [2.45, 2.75) is 103 Å². The van der Waals surface area contributed by atoms with Crippen molar-refractivity contribution in [3.05, 3.63) is 13.3 Å². The van der Waals surface area contributed by atoms with E-state index >= 15 is 0 Å². The van der Waals surface area contributed by atoms with E-state index in [4.69, 9.17) is 0 Å². The lowest BCUT2D eigenvalue weighted by Crippen LogP contribution is -1.83. The standard InChI is InChI=1S/C18H36/c1-3-5-7-9-11-13-15-17-18-16-14-12-10-8-6-4-2/h18H,1,3-17H2,2H3. The molecule has 0 saturated heterocycles. The molecule has 0 aromatic carbocycles. The van der Waals surface area contributed by atoms with Crippen molar-refractivity contribution < 1.29 is 0 Å². The molecular formula is C18H36. The van der Waals surface area contributed by atoms with Crippen molar-refractivity contribution in [3.8, 4) is 0 Å². The third-order valence-electron chi connectivity index (χ3n) is 3.67. The Morgan fingerprint density at radius 2 is 1.06 bits per heavy atom. The van der Waals surface area contributed by atoms with Gasteiger partial charge in [-0.3, -0.25) is 0 Å². The van der Waals surface area contributed by atoms with Crippen LogP contribution in [0.1, 0.15) is 103 Å². The molecule has 0 saturated carbocycles. The summed E-state index contributed by atoms with van der Waals surface area (Å²) in [5.41, 5.74) is 0. The molecule has 0 N–H and O–H groups in total. The fourth-order valence-corrected chi connectivity index (χ4v) is 2.39. The summed E-state index contributed by atoms with van der Waals surface area (Å²) in [6.07, 6.45) is 23.3. The van der Waals surface area contributed by atoms with E-state index in [0.717, 1.165) is 6.42 Å². The molecule has 0 aromatic rings. The Kier molecular flexibility index (Phi) is 17.0. The monoisotopic (exact) mass is 252 g/mol. The van der Waals surface area contributed by atoms with Gasteiger partial charge in [-0.25, -0.2) is 0 Å². The normalized spacial score (nSPS) is 11.0. The van der Waals surface area contributed by atoms with E-state index in [9.17, 15) is 0 Å². The van der Waals surface area contributed by atoms with Crippen molar-refractivity contribution in [3.63, 3.8) is 0 Å². The molecule has 2 radical (unpaired) electrons. The largest absolute Gasteiger partial charge is 0.0654 e. The van der Waals surface area contributed by atoms with Gasteiger partial charge in [0, 0.05) is 0 Å². The van der Waals surface area contributed by atoms with Gasteiger partial charge in [0.2, 0.25) is 0 Å². The van der Waals surface area contributed by atoms with E-state index in [1.807, 2.05) is 0 Å². The summed E-state index contributed by atoms with van der Waals surface area (Å²) in [7, 11) is 0. The van der Waals surface area contributed by atoms with Crippen LogP contribution < -0.4 is 0 Å². The second kappa shape index (κ2) is 17.0. The number of unbranched alkanes of at least 4 members (excludes halogenated alkanes) is 15. The fourth-order valence-electron chi connectivity index (χ4n) is 2.39. The van der Waals surface area contributed by atoms with Gasteiger partial charge < -0.3 is 0 Å². The van der Waals surface area contributed by atoms with Gasteiger partial charge in [0.25, 0.3) is 0 Å². The molecule has 0 rings (SSSR count). The molecule has 0 spiro atoms. The topological polar surface area (TPSA) is 0 Å². The highest BCUT2D eigenvalue weighted by Crippen LogP contribution is 2.12. The number of hydrogen-bond donors (Lipinski definition) is 0. The summed E-state index contributed by atoms with van der Waals surface area (Å²) in [5.74, 6) is 0. The maximum atomic E-state index is 3.88. The highest BCUT2D eigenvalue weighted by atomic mass is 14.0. The fraction of sp³-hybridized carbons (Fsp3) is 0.889. The zero-order valence-electron chi connectivity index (χ0n) is 12.9. The highest BCUT2D eigenvalue weighted by molar-refractivity contribution is 4.64. The molecule has 0 aliphatic rings. The van der Waals surface area contributed by atoms with Gasteiger partial charge in [-0.2, -0.15) is 0 Å². The Morgan fingerprint density at radius 1 is 0.611 bits per heavy atom. The minimum Gasteiger partial charge on any atom is -0.0654 e. The molecule has 0 heteroatoms. The Hall–Kier alpha value is 0. The van der Waals surface area contributed by atoms with Gasteiger partial charge >= 0.3 is 0 Å². The maximum absolute atomic E-state index is 3.88. The molecule has 0 atom stereocenters. The lowest BCUT2D eigenvalue weighted by Gasteiger charge is -2.02. The molecular weight excluding hydrogens is 216 g/mol. The first-order valence-corrected chi connectivity index (χ1v) is 8.52. The lowest BCUT2D eigenvalue weighted by molar-refractivity contribution is 0.576. The molecule has 0 amide bonds. The smallest absolute Gasteiger partial charge is 0.0386 e. The van der Waals surface area contributed by atoms with E-state index in [0.29, 0.717) is 0 Å². The molecule has 18 heavy (non-hydrogen) atoms. The van der Waals surface area contributed by atoms with Gasteiger partial charge in [0.15, 0.2) is 0 Å². The molecule has 0 aliphatic carbocycles. The van der Waals surface area contributed by atoms with Gasteiger partial charge in [0.1, 0.15) is 0 Å². The Morgan fingerprint density at radius 3 is 1.56 bits per heavy atom. The van der Waals surface area contributed by atoms with Crippen molar-refractivity contribution in [2.75, 3.05) is 0 Å². The summed E-state index contributed by atoms with van der Waals surface area (Å²) >= 11 is 0. The third kappa shape index (κ3) is 16.0. The predicted molar refractivity (Wildman–Crippen MR) is 84.6 cm³/mol. The van der Waals surface area contributed by atoms with E-state index in [1.54, 1.807) is 0 Å². The van der Waals surface area contributed by atoms with Crippen LogP contribution in [0.5, 0.6) is 0 Å². The van der Waals surface area contributed by atoms with Crippen LogP contribution in [0.4, 0.5) is 0 Å². The zero-order chi connectivity index (χ0) is 13.3. The van der Waals surface area contributed by atoms with E-state index < -0.39 is 0 Å². The van der Waals surface area contributed by atoms with Crippen LogP contribution in [0.2, 0.25) is 0 Å². The Labute approximate surface area is 117 Å². The van der Waals surface area contributed by atoms with Crippen molar-refractivity contribution >= 4 is 0 Å². The van der Waals surface area contributed by atoms with Gasteiger partial charge in [0.05, 0.1) is 0 Å². The molecule has 0 fully saturated rings. The average Bonchev–Trinajstić information content (AvgIpc) is 2.39. The molecule has 0 heterocycles. The van der Waals surface area contributed by atoms with Crippen LogP contribution in [-0.2, 0) is 0 Å². The highest BCUT2D eigenvalue weighted by Gasteiger charge is 1.93. The first-order chi connectivity index (χ1) is 8.91. The number of hydrogen-bond acceptors (Lipinski definition) is 0. The van der Waals surface area contributed by atoms with Gasteiger partial charge in [-0.15, -0.1) is 0 Å². The molecule has 108 valence electrons. The average molecular weight is 252 g/mol. The zero-order valence-corrected chi connectivity index (χ0v) is 12.9. The second-order valence-corrected chi connectivity index (χ2v) is 5.61. The maximum Gasteiger partial charge on any atom is -0.0386 e. The van der Waals surface area contributed by atoms with E-state index in [2.05, 4.69) is 20.3 Å². The molecule has 0 aromatic heterocycles. The van der Waals surface area contributed by atoms with Crippen LogP contribution in [0.25, 0.3) is 0 Å². The van der Waals surface area contributed by atoms with Crippen LogP contribution in [0.15, 0.2) is 0 Å². The quantitative estimate of drug-likeness (QED) is 0.278.